The molecule has 3 aromatic rings. The molecule has 0 atom stereocenters. The van der Waals surface area contributed by atoms with Crippen LogP contribution in [0.4, 0.5) is 17.1 Å². The molecule has 0 bridgehead atoms. The predicted molar refractivity (Wildman–Crippen MR) is 78.5 cm³/mol. The molecular weight excluding hydrogens is 242 g/mol. The standard InChI is InChI=1S/C14H13N3S/c1-9-6-10(15)2-4-12(9)17-11-3-5-13-14(7-11)18-8-16-13/h2-8,17H,15H2,1H3. The Labute approximate surface area is 109 Å². The number of fused-ring (bicyclic) bond motifs is 1. The molecule has 0 fully saturated rings. The van der Waals surface area contributed by atoms with Gasteiger partial charge in [0.25, 0.3) is 0 Å². The second kappa shape index (κ2) is 4.31. The first kappa shape index (κ1) is 11.0. The lowest BCUT2D eigenvalue weighted by Crippen LogP contribution is -1.94. The third-order valence-corrected chi connectivity index (χ3v) is 3.65. The minimum atomic E-state index is 0.788. The van der Waals surface area contributed by atoms with E-state index in [4.69, 9.17) is 5.73 Å². The number of hydrogen-bond acceptors (Lipinski definition) is 4. The molecule has 0 radical (unpaired) electrons. The Morgan fingerprint density at radius 1 is 1.17 bits per heavy atom. The number of benzene rings is 2. The molecule has 0 unspecified atom stereocenters. The molecular formula is C14H13N3S. The molecule has 1 heterocycles. The van der Waals surface area contributed by atoms with Gasteiger partial charge in [-0.15, -0.1) is 11.3 Å². The van der Waals surface area contributed by atoms with Crippen molar-refractivity contribution < 1.29 is 0 Å². The first-order valence-corrected chi connectivity index (χ1v) is 6.57. The number of anilines is 3. The van der Waals surface area contributed by atoms with E-state index in [0.717, 1.165) is 28.1 Å². The highest BCUT2D eigenvalue weighted by Gasteiger charge is 2.02. The molecule has 0 aliphatic rings. The van der Waals surface area contributed by atoms with Crippen LogP contribution >= 0.6 is 11.3 Å². The van der Waals surface area contributed by atoms with E-state index in [9.17, 15) is 0 Å². The molecule has 2 aromatic carbocycles. The lowest BCUT2D eigenvalue weighted by Gasteiger charge is -2.10. The van der Waals surface area contributed by atoms with Crippen LogP contribution in [0.1, 0.15) is 5.56 Å². The van der Waals surface area contributed by atoms with Crippen molar-refractivity contribution in [1.29, 1.82) is 0 Å². The first-order chi connectivity index (χ1) is 8.72. The van der Waals surface area contributed by atoms with E-state index < -0.39 is 0 Å². The number of rotatable bonds is 2. The average molecular weight is 255 g/mol. The van der Waals surface area contributed by atoms with Crippen LogP contribution in [-0.2, 0) is 0 Å². The average Bonchev–Trinajstić information content (AvgIpc) is 2.80. The van der Waals surface area contributed by atoms with Crippen molar-refractivity contribution in [3.8, 4) is 0 Å². The van der Waals surface area contributed by atoms with Crippen LogP contribution in [0.25, 0.3) is 10.2 Å². The molecule has 18 heavy (non-hydrogen) atoms. The number of nitrogens with one attached hydrogen (secondary N) is 1. The molecule has 0 amide bonds. The molecule has 0 spiro atoms. The zero-order valence-corrected chi connectivity index (χ0v) is 10.8. The Morgan fingerprint density at radius 3 is 2.89 bits per heavy atom. The Morgan fingerprint density at radius 2 is 2.06 bits per heavy atom. The Kier molecular flexibility index (Phi) is 2.64. The van der Waals surface area contributed by atoms with E-state index in [-0.39, 0.29) is 0 Å². The lowest BCUT2D eigenvalue weighted by molar-refractivity contribution is 1.43. The molecule has 0 aliphatic carbocycles. The first-order valence-electron chi connectivity index (χ1n) is 5.69. The zero-order chi connectivity index (χ0) is 12.5. The molecule has 0 aliphatic heterocycles. The van der Waals surface area contributed by atoms with Gasteiger partial charge in [-0.1, -0.05) is 0 Å². The number of aromatic nitrogens is 1. The fourth-order valence-electron chi connectivity index (χ4n) is 1.92. The van der Waals surface area contributed by atoms with E-state index in [1.807, 2.05) is 42.8 Å². The monoisotopic (exact) mass is 255 g/mol. The second-order valence-corrected chi connectivity index (χ2v) is 5.12. The molecule has 0 saturated carbocycles. The lowest BCUT2D eigenvalue weighted by atomic mass is 10.1. The predicted octanol–water partition coefficient (Wildman–Crippen LogP) is 3.93. The van der Waals surface area contributed by atoms with Crippen LogP contribution in [0.3, 0.4) is 0 Å². The summed E-state index contributed by atoms with van der Waals surface area (Å²) in [5, 5.41) is 3.40. The molecule has 1 aromatic heterocycles. The SMILES string of the molecule is Cc1cc(N)ccc1Nc1ccc2ncsc2c1. The topological polar surface area (TPSA) is 50.9 Å². The van der Waals surface area contributed by atoms with Gasteiger partial charge >= 0.3 is 0 Å². The molecule has 3 N–H and O–H groups in total. The molecule has 4 heteroatoms. The smallest absolute Gasteiger partial charge is 0.0813 e. The summed E-state index contributed by atoms with van der Waals surface area (Å²) in [5.41, 5.74) is 12.7. The number of thiazole rings is 1. The van der Waals surface area contributed by atoms with Crippen LogP contribution in [0, 0.1) is 6.92 Å². The Bertz CT molecular complexity index is 703. The van der Waals surface area contributed by atoms with E-state index in [1.54, 1.807) is 11.3 Å². The highest BCUT2D eigenvalue weighted by atomic mass is 32.1. The van der Waals surface area contributed by atoms with Gasteiger partial charge in [0, 0.05) is 17.1 Å². The van der Waals surface area contributed by atoms with E-state index in [0.29, 0.717) is 0 Å². The summed E-state index contributed by atoms with van der Waals surface area (Å²) in [6.07, 6.45) is 0. The Balaban J connectivity index is 1.95. The summed E-state index contributed by atoms with van der Waals surface area (Å²) in [6, 6.07) is 12.1. The summed E-state index contributed by atoms with van der Waals surface area (Å²) in [6.45, 7) is 2.05. The summed E-state index contributed by atoms with van der Waals surface area (Å²) < 4.78 is 1.19. The van der Waals surface area contributed by atoms with E-state index >= 15 is 0 Å². The van der Waals surface area contributed by atoms with Crippen molar-refractivity contribution in [3.63, 3.8) is 0 Å². The van der Waals surface area contributed by atoms with Gasteiger partial charge in [0.15, 0.2) is 0 Å². The van der Waals surface area contributed by atoms with E-state index in [2.05, 4.69) is 16.4 Å². The van der Waals surface area contributed by atoms with Crippen molar-refractivity contribution >= 4 is 38.6 Å². The maximum absolute atomic E-state index is 5.75. The molecule has 90 valence electrons. The third kappa shape index (κ3) is 2.02. The van der Waals surface area contributed by atoms with Crippen molar-refractivity contribution in [3.05, 3.63) is 47.5 Å². The van der Waals surface area contributed by atoms with Crippen LogP contribution in [0.5, 0.6) is 0 Å². The number of nitrogens with zero attached hydrogens (tertiary/aromatic N) is 1. The van der Waals surface area contributed by atoms with Gasteiger partial charge in [-0.3, -0.25) is 0 Å². The van der Waals surface area contributed by atoms with Gasteiger partial charge in [-0.25, -0.2) is 4.98 Å². The minimum absolute atomic E-state index is 0.788. The number of aryl methyl sites for hydroxylation is 1. The summed E-state index contributed by atoms with van der Waals surface area (Å²) in [7, 11) is 0. The zero-order valence-electron chi connectivity index (χ0n) is 9.97. The normalized spacial score (nSPS) is 10.7. The molecule has 3 nitrogen and oxygen atoms in total. The number of hydrogen-bond donors (Lipinski definition) is 2. The van der Waals surface area contributed by atoms with Crippen LogP contribution < -0.4 is 11.1 Å². The second-order valence-electron chi connectivity index (χ2n) is 4.23. The number of nitrogen functional groups attached to an aromatic ring is 1. The van der Waals surface area contributed by atoms with Crippen molar-refractivity contribution in [1.82, 2.24) is 4.98 Å². The largest absolute Gasteiger partial charge is 0.399 e. The van der Waals surface area contributed by atoms with Crippen molar-refractivity contribution in [2.45, 2.75) is 6.92 Å². The highest BCUT2D eigenvalue weighted by Crippen LogP contribution is 2.26. The maximum Gasteiger partial charge on any atom is 0.0813 e. The maximum atomic E-state index is 5.75. The van der Waals surface area contributed by atoms with Gasteiger partial charge in [0.2, 0.25) is 0 Å². The van der Waals surface area contributed by atoms with Gasteiger partial charge < -0.3 is 11.1 Å². The molecule has 0 saturated heterocycles. The van der Waals surface area contributed by atoms with Gasteiger partial charge in [0.1, 0.15) is 0 Å². The van der Waals surface area contributed by atoms with E-state index in [1.165, 1.54) is 4.70 Å². The Hall–Kier alpha value is -2.07. The summed E-state index contributed by atoms with van der Waals surface area (Å²) in [4.78, 5) is 4.27. The fraction of sp³-hybridized carbons (Fsp3) is 0.0714. The van der Waals surface area contributed by atoms with Crippen LogP contribution in [0.15, 0.2) is 41.9 Å². The van der Waals surface area contributed by atoms with Gasteiger partial charge in [0.05, 0.1) is 15.7 Å². The molecule has 3 rings (SSSR count). The van der Waals surface area contributed by atoms with Crippen LogP contribution in [0.2, 0.25) is 0 Å². The van der Waals surface area contributed by atoms with Crippen molar-refractivity contribution in [2.75, 3.05) is 11.1 Å². The van der Waals surface area contributed by atoms with Crippen molar-refractivity contribution in [2.24, 2.45) is 0 Å². The minimum Gasteiger partial charge on any atom is -0.399 e. The third-order valence-electron chi connectivity index (χ3n) is 2.86. The van der Waals surface area contributed by atoms with Gasteiger partial charge in [-0.05, 0) is 48.9 Å². The fourth-order valence-corrected chi connectivity index (χ4v) is 2.63. The number of nitrogens with two attached hydrogens (primary N) is 1. The van der Waals surface area contributed by atoms with Crippen LogP contribution in [-0.4, -0.2) is 4.98 Å². The summed E-state index contributed by atoms with van der Waals surface area (Å²) in [5.74, 6) is 0. The highest BCUT2D eigenvalue weighted by molar-refractivity contribution is 7.16. The summed E-state index contributed by atoms with van der Waals surface area (Å²) >= 11 is 1.65. The van der Waals surface area contributed by atoms with Gasteiger partial charge in [-0.2, -0.15) is 0 Å². The quantitative estimate of drug-likeness (QED) is 0.682.